The van der Waals surface area contributed by atoms with Crippen LogP contribution in [0, 0.1) is 11.2 Å². The molecule has 0 aromatic heterocycles. The number of amidine groups is 1. The third kappa shape index (κ3) is 3.21. The van der Waals surface area contributed by atoms with E-state index in [-0.39, 0.29) is 23.2 Å². The van der Waals surface area contributed by atoms with E-state index in [1.165, 1.54) is 12.1 Å². The molecule has 6 heteroatoms. The molecule has 0 unspecified atom stereocenters. The van der Waals surface area contributed by atoms with Crippen molar-refractivity contribution in [1.82, 2.24) is 0 Å². The highest BCUT2D eigenvalue weighted by Crippen LogP contribution is 2.26. The van der Waals surface area contributed by atoms with Gasteiger partial charge in [0.2, 0.25) is 0 Å². The second-order valence-electron chi connectivity index (χ2n) is 4.06. The maximum absolute atomic E-state index is 13.6. The summed E-state index contributed by atoms with van der Waals surface area (Å²) in [6.07, 6.45) is 0. The van der Waals surface area contributed by atoms with Crippen LogP contribution in [0.3, 0.4) is 0 Å². The zero-order valence-electron chi connectivity index (χ0n) is 10.3. The zero-order valence-corrected chi connectivity index (χ0v) is 11.8. The third-order valence-corrected chi connectivity index (χ3v) is 3.31. The molecule has 0 saturated carbocycles. The van der Waals surface area contributed by atoms with E-state index < -0.39 is 5.82 Å². The van der Waals surface area contributed by atoms with Gasteiger partial charge in [0.15, 0.2) is 11.6 Å². The number of rotatable bonds is 4. The fourth-order valence-corrected chi connectivity index (χ4v) is 1.98. The number of halogens is 3. The molecule has 0 atom stereocenters. The van der Waals surface area contributed by atoms with E-state index in [1.54, 1.807) is 24.3 Å². The molecule has 0 radical (unpaired) electrons. The second-order valence-corrected chi connectivity index (χ2v) is 4.87. The topological polar surface area (TPSA) is 59.1 Å². The first-order chi connectivity index (χ1) is 9.49. The SMILES string of the molecule is N=C(N)c1ccc(COc2cccc(Cl)c2F)c(Cl)c1. The Balaban J connectivity index is 2.15. The summed E-state index contributed by atoms with van der Waals surface area (Å²) >= 11 is 11.7. The van der Waals surface area contributed by atoms with Crippen molar-refractivity contribution in [2.75, 3.05) is 0 Å². The Labute approximate surface area is 125 Å². The van der Waals surface area contributed by atoms with Gasteiger partial charge in [-0.3, -0.25) is 5.41 Å². The molecule has 0 aliphatic carbocycles. The van der Waals surface area contributed by atoms with Gasteiger partial charge in [0.25, 0.3) is 0 Å². The quantitative estimate of drug-likeness (QED) is 0.662. The Morgan fingerprint density at radius 1 is 1.20 bits per heavy atom. The minimum Gasteiger partial charge on any atom is -0.486 e. The van der Waals surface area contributed by atoms with E-state index in [4.69, 9.17) is 39.1 Å². The summed E-state index contributed by atoms with van der Waals surface area (Å²) in [7, 11) is 0. The van der Waals surface area contributed by atoms with Crippen LogP contribution in [0.4, 0.5) is 4.39 Å². The summed E-state index contributed by atoms with van der Waals surface area (Å²) in [5.74, 6) is -0.616. The smallest absolute Gasteiger partial charge is 0.183 e. The molecule has 104 valence electrons. The molecule has 3 N–H and O–H groups in total. The first-order valence-corrected chi connectivity index (χ1v) is 6.44. The van der Waals surface area contributed by atoms with Gasteiger partial charge < -0.3 is 10.5 Å². The summed E-state index contributed by atoms with van der Waals surface area (Å²) in [5.41, 5.74) is 6.55. The molecule has 0 bridgehead atoms. The van der Waals surface area contributed by atoms with Gasteiger partial charge >= 0.3 is 0 Å². The van der Waals surface area contributed by atoms with E-state index in [9.17, 15) is 4.39 Å². The van der Waals surface area contributed by atoms with Crippen LogP contribution < -0.4 is 10.5 Å². The average molecular weight is 313 g/mol. The van der Waals surface area contributed by atoms with Crippen LogP contribution in [0.15, 0.2) is 36.4 Å². The van der Waals surface area contributed by atoms with Crippen LogP contribution in [-0.2, 0) is 6.61 Å². The van der Waals surface area contributed by atoms with Crippen molar-refractivity contribution >= 4 is 29.0 Å². The lowest BCUT2D eigenvalue weighted by Crippen LogP contribution is -2.11. The van der Waals surface area contributed by atoms with Crippen LogP contribution >= 0.6 is 23.2 Å². The molecular weight excluding hydrogens is 302 g/mol. The molecular formula is C14H11Cl2FN2O. The molecule has 0 fully saturated rings. The molecule has 0 aliphatic heterocycles. The van der Waals surface area contributed by atoms with Gasteiger partial charge in [-0.1, -0.05) is 41.4 Å². The van der Waals surface area contributed by atoms with Gasteiger partial charge in [0, 0.05) is 16.1 Å². The molecule has 3 nitrogen and oxygen atoms in total. The largest absolute Gasteiger partial charge is 0.486 e. The summed E-state index contributed by atoms with van der Waals surface area (Å²) in [6.45, 7) is 0.0915. The van der Waals surface area contributed by atoms with Crippen molar-refractivity contribution < 1.29 is 9.13 Å². The maximum atomic E-state index is 13.6. The lowest BCUT2D eigenvalue weighted by molar-refractivity contribution is 0.290. The lowest BCUT2D eigenvalue weighted by Gasteiger charge is -2.10. The predicted octanol–water partition coefficient (Wildman–Crippen LogP) is 4.00. The Kier molecular flexibility index (Phi) is 4.47. The average Bonchev–Trinajstić information content (AvgIpc) is 2.41. The van der Waals surface area contributed by atoms with E-state index in [0.29, 0.717) is 16.1 Å². The van der Waals surface area contributed by atoms with E-state index in [0.717, 1.165) is 0 Å². The van der Waals surface area contributed by atoms with Crippen molar-refractivity contribution in [2.24, 2.45) is 5.73 Å². The molecule has 20 heavy (non-hydrogen) atoms. The summed E-state index contributed by atoms with van der Waals surface area (Å²) < 4.78 is 19.0. The zero-order chi connectivity index (χ0) is 14.7. The van der Waals surface area contributed by atoms with Crippen LogP contribution in [-0.4, -0.2) is 5.84 Å². The number of ether oxygens (including phenoxy) is 1. The van der Waals surface area contributed by atoms with Gasteiger partial charge in [0.05, 0.1) is 5.02 Å². The van der Waals surface area contributed by atoms with E-state index in [2.05, 4.69) is 0 Å². The van der Waals surface area contributed by atoms with Crippen LogP contribution in [0.5, 0.6) is 5.75 Å². The predicted molar refractivity (Wildman–Crippen MR) is 78.2 cm³/mol. The van der Waals surface area contributed by atoms with Gasteiger partial charge in [-0.15, -0.1) is 0 Å². The van der Waals surface area contributed by atoms with Gasteiger partial charge in [0.1, 0.15) is 12.4 Å². The molecule has 0 amide bonds. The van der Waals surface area contributed by atoms with Gasteiger partial charge in [-0.2, -0.15) is 0 Å². The Morgan fingerprint density at radius 2 is 1.95 bits per heavy atom. The van der Waals surface area contributed by atoms with Crippen molar-refractivity contribution in [3.8, 4) is 5.75 Å². The highest BCUT2D eigenvalue weighted by Gasteiger charge is 2.09. The molecule has 2 aromatic carbocycles. The molecule has 0 heterocycles. The standard InChI is InChI=1S/C14H11Cl2FN2O/c15-10-2-1-3-12(13(10)17)20-7-9-5-4-8(14(18)19)6-11(9)16/h1-6H,7H2,(H3,18,19). The molecule has 2 rings (SSSR count). The third-order valence-electron chi connectivity index (χ3n) is 2.66. The highest BCUT2D eigenvalue weighted by molar-refractivity contribution is 6.31. The van der Waals surface area contributed by atoms with Crippen molar-refractivity contribution in [3.63, 3.8) is 0 Å². The number of nitrogen functional groups attached to an aromatic ring is 1. The molecule has 0 saturated heterocycles. The number of hydrogen-bond acceptors (Lipinski definition) is 2. The van der Waals surface area contributed by atoms with Gasteiger partial charge in [-0.25, -0.2) is 4.39 Å². The molecule has 0 aliphatic rings. The van der Waals surface area contributed by atoms with Crippen molar-refractivity contribution in [1.29, 1.82) is 5.41 Å². The normalized spacial score (nSPS) is 10.3. The molecule has 0 spiro atoms. The number of nitrogens with one attached hydrogen (secondary N) is 1. The fourth-order valence-electron chi connectivity index (χ4n) is 1.58. The van der Waals surface area contributed by atoms with Crippen molar-refractivity contribution in [2.45, 2.75) is 6.61 Å². The summed E-state index contributed by atoms with van der Waals surface area (Å²) in [4.78, 5) is 0. The fraction of sp³-hybridized carbons (Fsp3) is 0.0714. The first kappa shape index (κ1) is 14.6. The minimum atomic E-state index is -0.606. The maximum Gasteiger partial charge on any atom is 0.183 e. The Morgan fingerprint density at radius 3 is 2.60 bits per heavy atom. The summed E-state index contributed by atoms with van der Waals surface area (Å²) in [5, 5.41) is 7.72. The molecule has 2 aromatic rings. The van der Waals surface area contributed by atoms with Gasteiger partial charge in [-0.05, 0) is 18.2 Å². The highest BCUT2D eigenvalue weighted by atomic mass is 35.5. The van der Waals surface area contributed by atoms with Crippen LogP contribution in [0.2, 0.25) is 10.0 Å². The van der Waals surface area contributed by atoms with Crippen LogP contribution in [0.25, 0.3) is 0 Å². The number of benzene rings is 2. The van der Waals surface area contributed by atoms with E-state index >= 15 is 0 Å². The Hall–Kier alpha value is -1.78. The minimum absolute atomic E-state index is 0.000486. The Bertz CT molecular complexity index is 662. The number of nitrogens with two attached hydrogens (primary N) is 1. The van der Waals surface area contributed by atoms with Crippen LogP contribution in [0.1, 0.15) is 11.1 Å². The first-order valence-electron chi connectivity index (χ1n) is 5.68. The van der Waals surface area contributed by atoms with Crippen molar-refractivity contribution in [3.05, 3.63) is 63.4 Å². The lowest BCUT2D eigenvalue weighted by atomic mass is 10.1. The second kappa shape index (κ2) is 6.11. The monoisotopic (exact) mass is 312 g/mol. The van der Waals surface area contributed by atoms with E-state index in [1.807, 2.05) is 0 Å². The summed E-state index contributed by atoms with van der Waals surface area (Å²) in [6, 6.07) is 9.43. The number of hydrogen-bond donors (Lipinski definition) is 2.